The standard InChI is InChI=1S/C13H25N3O.C12H23N3O.C12H24N2O2S.C11H22N2O2S.C10H21N3O2S.3CH4/c1-10(2)12-9-15(6)13(17)14(5)7-8-16(12)11(3)4;1-9(2)11-14(6)12(16)13(5)7-8-15(11)10(3)4;1-10(2)12-14(11(3)4)9-7-6-8-13(5)17(12,15)16;1-9(2)11-13(10(3)4)8-6-7-12(5)16(11,14)15;1-8(2)10-12(6)16(14,15)11(5)7-13(10)9(3)4;;;/h11H,7-9H2,1-6H3;10H,7-8H2,1-6H3;11H,6-9H2,1-5H3;10H,6-8H2,1-5H3;9H,7H2,1-6H3;3*1H4. The van der Waals surface area contributed by atoms with Crippen molar-refractivity contribution in [2.24, 2.45) is 0 Å². The van der Waals surface area contributed by atoms with E-state index in [9.17, 15) is 34.8 Å². The molecule has 5 aliphatic rings. The van der Waals surface area contributed by atoms with E-state index < -0.39 is 30.3 Å². The Kier molecular flexibility index (Phi) is 36.3. The highest BCUT2D eigenvalue weighted by atomic mass is 32.2. The van der Waals surface area contributed by atoms with Crippen LogP contribution in [-0.4, -0.2) is 251 Å². The van der Waals surface area contributed by atoms with E-state index in [0.717, 1.165) is 86.9 Å². The minimum absolute atomic E-state index is 0. The van der Waals surface area contributed by atoms with Gasteiger partial charge < -0.3 is 39.2 Å². The van der Waals surface area contributed by atoms with Crippen molar-refractivity contribution in [1.82, 2.24) is 61.3 Å². The highest BCUT2D eigenvalue weighted by Gasteiger charge is 2.38. The maximum atomic E-state index is 12.5. The molecule has 0 aromatic rings. The molecular weight excluding hydrogens is 1140 g/mol. The smallest absolute Gasteiger partial charge is 0.325 e. The monoisotopic (exact) mass is 1270 g/mol. The zero-order valence-corrected chi connectivity index (χ0v) is 58.8. The molecule has 0 radical (unpaired) electrons. The Bertz CT molecular complexity index is 2630. The SMILES string of the molecule is C.C.C.CC(C)=C1CN(C)C(=O)N(C)CCN1C(C)C.CC(C)=C1N(C(C)C)CCCCN(C)S1(=O)=O.CC(C)=C1N(C(C)C)CCCN(C)S1(=O)=O.CC(C)=C1N(C(C)C)CN(C)S(=O)(=O)N1C.CC(C)=C1N(C)C(=O)N(C)CCN1C(C)C. The van der Waals surface area contributed by atoms with E-state index >= 15 is 0 Å². The second kappa shape index (κ2) is 36.3. The van der Waals surface area contributed by atoms with Crippen molar-refractivity contribution in [3.63, 3.8) is 0 Å². The van der Waals surface area contributed by atoms with Crippen LogP contribution < -0.4 is 0 Å². The molecule has 5 heterocycles. The summed E-state index contributed by atoms with van der Waals surface area (Å²) in [6.07, 6.45) is 2.84. The summed E-state index contributed by atoms with van der Waals surface area (Å²) < 4.78 is 79.2. The summed E-state index contributed by atoms with van der Waals surface area (Å²) in [5.41, 5.74) is 6.49. The fourth-order valence-corrected chi connectivity index (χ4v) is 15.1. The molecule has 24 heteroatoms. The number of hydrogen-bond donors (Lipinski definition) is 0. The van der Waals surface area contributed by atoms with Gasteiger partial charge in [0.1, 0.15) is 21.7 Å². The van der Waals surface area contributed by atoms with Gasteiger partial charge in [-0.1, -0.05) is 27.9 Å². The number of likely N-dealkylation sites (N-methyl/N-ethyl adjacent to an activating group) is 3. The number of amides is 4. The molecule has 85 heavy (non-hydrogen) atoms. The molecule has 21 nitrogen and oxygen atoms in total. The lowest BCUT2D eigenvalue weighted by Gasteiger charge is -2.44. The fraction of sp³-hybridized carbons (Fsp3) is 0.803. The highest BCUT2D eigenvalue weighted by Crippen LogP contribution is 2.29. The third-order valence-corrected chi connectivity index (χ3v) is 20.9. The van der Waals surface area contributed by atoms with E-state index in [-0.39, 0.29) is 52.5 Å². The molecule has 0 aromatic heterocycles. The lowest BCUT2D eigenvalue weighted by molar-refractivity contribution is 0.146. The van der Waals surface area contributed by atoms with Crippen molar-refractivity contribution < 1.29 is 34.8 Å². The van der Waals surface area contributed by atoms with Crippen LogP contribution in [0.25, 0.3) is 0 Å². The molecule has 0 unspecified atom stereocenters. The molecule has 5 fully saturated rings. The van der Waals surface area contributed by atoms with E-state index in [4.69, 9.17) is 0 Å². The van der Waals surface area contributed by atoms with Gasteiger partial charge in [-0.15, -0.1) is 0 Å². The molecule has 5 saturated heterocycles. The molecule has 0 aliphatic carbocycles. The third kappa shape index (κ3) is 22.4. The van der Waals surface area contributed by atoms with Gasteiger partial charge in [-0.25, -0.2) is 30.7 Å². The van der Waals surface area contributed by atoms with Crippen LogP contribution in [0.15, 0.2) is 55.3 Å². The van der Waals surface area contributed by atoms with Crippen molar-refractivity contribution in [2.45, 2.75) is 210 Å². The zero-order chi connectivity index (χ0) is 64.0. The van der Waals surface area contributed by atoms with Gasteiger partial charge in [0, 0.05) is 145 Å². The number of sulfonamides is 2. The van der Waals surface area contributed by atoms with Crippen LogP contribution in [0.5, 0.6) is 0 Å². The summed E-state index contributed by atoms with van der Waals surface area (Å²) in [4.78, 5) is 41.8. The van der Waals surface area contributed by atoms with Crippen molar-refractivity contribution in [2.75, 3.05) is 122 Å². The van der Waals surface area contributed by atoms with Gasteiger partial charge in [-0.2, -0.15) is 21.3 Å². The summed E-state index contributed by atoms with van der Waals surface area (Å²) in [6.45, 7) is 48.0. The number of allylic oxidation sites excluding steroid dienone is 5. The predicted octanol–water partition coefficient (Wildman–Crippen LogP) is 10.5. The lowest BCUT2D eigenvalue weighted by Crippen LogP contribution is -2.55. The molecular formula is C61H127N13O8S3. The highest BCUT2D eigenvalue weighted by molar-refractivity contribution is 7.93. The second-order valence-corrected chi connectivity index (χ2v) is 30.7. The lowest BCUT2D eigenvalue weighted by atomic mass is 10.1. The summed E-state index contributed by atoms with van der Waals surface area (Å²) in [5, 5.41) is 0.984. The van der Waals surface area contributed by atoms with Crippen LogP contribution in [0.4, 0.5) is 9.59 Å². The Hall–Kier alpha value is -4.23. The molecule has 0 saturated carbocycles. The summed E-state index contributed by atoms with van der Waals surface area (Å²) in [6, 6.07) is 1.74. The van der Waals surface area contributed by atoms with Crippen molar-refractivity contribution in [3.8, 4) is 0 Å². The molecule has 502 valence electrons. The summed E-state index contributed by atoms with van der Waals surface area (Å²) in [5.74, 6) is 1.83. The van der Waals surface area contributed by atoms with E-state index in [1.807, 2.05) is 107 Å². The second-order valence-electron chi connectivity index (χ2n) is 24.7. The van der Waals surface area contributed by atoms with Gasteiger partial charge in [-0.3, -0.25) is 4.90 Å². The van der Waals surface area contributed by atoms with Crippen molar-refractivity contribution in [3.05, 3.63) is 55.3 Å². The van der Waals surface area contributed by atoms with E-state index in [0.29, 0.717) is 48.4 Å². The average Bonchev–Trinajstić information content (AvgIpc) is 3.67. The van der Waals surface area contributed by atoms with E-state index in [1.54, 1.807) is 47.8 Å². The van der Waals surface area contributed by atoms with Gasteiger partial charge >= 0.3 is 22.3 Å². The average molecular weight is 1270 g/mol. The Labute approximate surface area is 523 Å². The Morgan fingerprint density at radius 1 is 0.365 bits per heavy atom. The minimum atomic E-state index is -3.33. The van der Waals surface area contributed by atoms with Crippen LogP contribution in [0.3, 0.4) is 0 Å². The van der Waals surface area contributed by atoms with Gasteiger partial charge in [-0.05, 0) is 180 Å². The number of urea groups is 2. The summed E-state index contributed by atoms with van der Waals surface area (Å²) >= 11 is 0. The topological polar surface area (TPSA) is 179 Å². The van der Waals surface area contributed by atoms with Crippen LogP contribution in [0.1, 0.15) is 180 Å². The summed E-state index contributed by atoms with van der Waals surface area (Å²) in [7, 11) is 4.01. The molecule has 4 amide bonds. The molecule has 0 aromatic carbocycles. The van der Waals surface area contributed by atoms with E-state index in [2.05, 4.69) is 83.9 Å². The molecule has 0 bridgehead atoms. The maximum absolute atomic E-state index is 12.5. The molecule has 0 atom stereocenters. The number of nitrogens with zero attached hydrogens (tertiary/aromatic N) is 13. The van der Waals surface area contributed by atoms with Crippen LogP contribution in [0, 0.1) is 0 Å². The predicted molar refractivity (Wildman–Crippen MR) is 359 cm³/mol. The Morgan fingerprint density at radius 2 is 0.718 bits per heavy atom. The molecule has 5 rings (SSSR count). The largest absolute Gasteiger partial charge is 0.369 e. The third-order valence-electron chi connectivity index (χ3n) is 14.9. The number of carbonyl (C=O) groups excluding carboxylic acids is 2. The zero-order valence-electron chi connectivity index (χ0n) is 56.4. The number of rotatable bonds is 5. The van der Waals surface area contributed by atoms with Gasteiger partial charge in [0.05, 0.1) is 13.2 Å². The minimum Gasteiger partial charge on any atom is -0.369 e. The van der Waals surface area contributed by atoms with Crippen molar-refractivity contribution >= 4 is 42.3 Å². The van der Waals surface area contributed by atoms with Crippen LogP contribution >= 0.6 is 0 Å². The Morgan fingerprint density at radius 3 is 1.08 bits per heavy atom. The fourth-order valence-electron chi connectivity index (χ4n) is 10.4. The van der Waals surface area contributed by atoms with Crippen LogP contribution in [0.2, 0.25) is 0 Å². The first-order valence-electron chi connectivity index (χ1n) is 29.2. The number of carbonyl (C=O) groups is 2. The van der Waals surface area contributed by atoms with Gasteiger partial charge in [0.15, 0.2) is 0 Å². The Balaban J connectivity index is -0.000000980. The van der Waals surface area contributed by atoms with Gasteiger partial charge in [0.2, 0.25) is 0 Å². The van der Waals surface area contributed by atoms with Crippen molar-refractivity contribution in [1.29, 1.82) is 0 Å². The molecule has 0 spiro atoms. The first-order valence-corrected chi connectivity index (χ1v) is 33.5. The van der Waals surface area contributed by atoms with Crippen LogP contribution in [-0.2, 0) is 30.3 Å². The first-order chi connectivity index (χ1) is 37.5. The number of hydrogen-bond acceptors (Lipinski definition) is 13. The normalized spacial score (nSPS) is 20.0. The van der Waals surface area contributed by atoms with E-state index in [1.165, 1.54) is 34.1 Å². The first kappa shape index (κ1) is 85.0. The maximum Gasteiger partial charge on any atom is 0.325 e. The molecule has 0 N–H and O–H groups in total. The molecule has 5 aliphatic heterocycles. The quantitative estimate of drug-likeness (QED) is 0.254. The van der Waals surface area contributed by atoms with Gasteiger partial charge in [0.25, 0.3) is 20.0 Å².